The first-order valence-corrected chi connectivity index (χ1v) is 9.66. The molecule has 2 aromatic carbocycles. The number of nitrogens with one attached hydrogen (secondary N) is 1. The smallest absolute Gasteiger partial charge is 0.345 e. The predicted octanol–water partition coefficient (Wildman–Crippen LogP) is 2.57. The van der Waals surface area contributed by atoms with Crippen molar-refractivity contribution < 1.29 is 9.53 Å². The van der Waals surface area contributed by atoms with Gasteiger partial charge in [0.2, 0.25) is 5.91 Å². The van der Waals surface area contributed by atoms with Crippen LogP contribution < -0.4 is 15.7 Å². The molecule has 152 valence electrons. The molecular formula is C22H26N4O3. The van der Waals surface area contributed by atoms with Crippen molar-refractivity contribution in [3.05, 3.63) is 70.6 Å². The van der Waals surface area contributed by atoms with Crippen molar-refractivity contribution in [3.63, 3.8) is 0 Å². The number of benzene rings is 2. The second-order valence-electron chi connectivity index (χ2n) is 6.78. The molecule has 1 aromatic heterocycles. The summed E-state index contributed by atoms with van der Waals surface area (Å²) in [7, 11) is 3.29. The van der Waals surface area contributed by atoms with E-state index in [1.807, 2.05) is 61.5 Å². The maximum atomic E-state index is 12.6. The summed E-state index contributed by atoms with van der Waals surface area (Å²) in [6.07, 6.45) is 0.709. The van der Waals surface area contributed by atoms with Gasteiger partial charge in [-0.2, -0.15) is 0 Å². The van der Waals surface area contributed by atoms with Crippen LogP contribution in [0.5, 0.6) is 5.75 Å². The van der Waals surface area contributed by atoms with Crippen LogP contribution in [0.1, 0.15) is 24.8 Å². The van der Waals surface area contributed by atoms with Gasteiger partial charge in [-0.25, -0.2) is 9.48 Å². The molecule has 1 atom stereocenters. The third-order valence-electron chi connectivity index (χ3n) is 4.94. The Labute approximate surface area is 169 Å². The van der Waals surface area contributed by atoms with E-state index in [0.717, 1.165) is 16.9 Å². The Balaban J connectivity index is 1.66. The highest BCUT2D eigenvalue weighted by molar-refractivity contribution is 5.83. The molecule has 3 rings (SSSR count). The Bertz CT molecular complexity index is 1010. The van der Waals surface area contributed by atoms with Gasteiger partial charge >= 0.3 is 5.69 Å². The molecule has 0 radical (unpaired) electrons. The topological polar surface area (TPSA) is 78.2 Å². The number of aromatic nitrogens is 3. The number of ether oxygens (including phenoxy) is 1. The Morgan fingerprint density at radius 2 is 1.83 bits per heavy atom. The molecule has 0 aliphatic rings. The monoisotopic (exact) mass is 394 g/mol. The number of carbonyl (C=O) groups excluding carboxylic acids is 1. The summed E-state index contributed by atoms with van der Waals surface area (Å²) in [6, 6.07) is 17.1. The largest absolute Gasteiger partial charge is 0.497 e. The normalized spacial score (nSPS) is 11.8. The van der Waals surface area contributed by atoms with Gasteiger partial charge < -0.3 is 10.1 Å². The summed E-state index contributed by atoms with van der Waals surface area (Å²) in [4.78, 5) is 25.1. The lowest BCUT2D eigenvalue weighted by molar-refractivity contribution is -0.122. The van der Waals surface area contributed by atoms with E-state index < -0.39 is 0 Å². The van der Waals surface area contributed by atoms with Crippen LogP contribution in [0.2, 0.25) is 0 Å². The van der Waals surface area contributed by atoms with Crippen LogP contribution in [-0.4, -0.2) is 33.9 Å². The first-order chi connectivity index (χ1) is 14.0. The van der Waals surface area contributed by atoms with Crippen LogP contribution >= 0.6 is 0 Å². The van der Waals surface area contributed by atoms with E-state index in [4.69, 9.17) is 4.74 Å². The molecule has 1 unspecified atom stereocenters. The van der Waals surface area contributed by atoms with Crippen molar-refractivity contribution in [1.29, 1.82) is 0 Å². The van der Waals surface area contributed by atoms with Gasteiger partial charge in [0.25, 0.3) is 0 Å². The number of hydrogen-bond donors (Lipinski definition) is 1. The molecule has 0 saturated heterocycles. The Hall–Kier alpha value is -3.35. The molecule has 1 heterocycles. The summed E-state index contributed by atoms with van der Waals surface area (Å²) < 4.78 is 8.05. The lowest BCUT2D eigenvalue weighted by Gasteiger charge is -2.15. The molecule has 0 bridgehead atoms. The van der Waals surface area contributed by atoms with E-state index in [1.54, 1.807) is 14.2 Å². The van der Waals surface area contributed by atoms with Gasteiger partial charge in [-0.05, 0) is 36.2 Å². The fraction of sp³-hybridized carbons (Fsp3) is 0.318. The Morgan fingerprint density at radius 1 is 1.14 bits per heavy atom. The van der Waals surface area contributed by atoms with E-state index >= 15 is 0 Å². The van der Waals surface area contributed by atoms with Crippen LogP contribution in [-0.2, 0) is 18.4 Å². The summed E-state index contributed by atoms with van der Waals surface area (Å²) in [5.41, 5.74) is 1.59. The van der Waals surface area contributed by atoms with Crippen molar-refractivity contribution in [2.75, 3.05) is 13.7 Å². The van der Waals surface area contributed by atoms with Crippen LogP contribution in [0, 0.1) is 0 Å². The maximum absolute atomic E-state index is 12.6. The van der Waals surface area contributed by atoms with Crippen molar-refractivity contribution in [2.45, 2.75) is 25.8 Å². The van der Waals surface area contributed by atoms with Crippen LogP contribution in [0.25, 0.3) is 11.4 Å². The molecule has 0 spiro atoms. The van der Waals surface area contributed by atoms with Gasteiger partial charge in [-0.3, -0.25) is 9.36 Å². The number of hydrogen-bond acceptors (Lipinski definition) is 4. The molecule has 7 nitrogen and oxygen atoms in total. The highest BCUT2D eigenvalue weighted by Gasteiger charge is 2.18. The zero-order chi connectivity index (χ0) is 20.8. The first-order valence-electron chi connectivity index (χ1n) is 9.66. The fourth-order valence-corrected chi connectivity index (χ4v) is 3.29. The standard InChI is InChI=1S/C22H26N4O3/c1-4-19(16-8-6-5-7-9-16)21(27)23-14-15-26-22(28)25(2)20(24-26)17-10-12-18(29-3)13-11-17/h5-13,19H,4,14-15H2,1-3H3,(H,23,27). The average Bonchev–Trinajstić information content (AvgIpc) is 3.04. The van der Waals surface area contributed by atoms with Gasteiger partial charge in [0.1, 0.15) is 5.75 Å². The fourth-order valence-electron chi connectivity index (χ4n) is 3.29. The number of methoxy groups -OCH3 is 1. The van der Waals surface area contributed by atoms with Crippen molar-refractivity contribution in [2.24, 2.45) is 7.05 Å². The van der Waals surface area contributed by atoms with Crippen molar-refractivity contribution in [3.8, 4) is 17.1 Å². The predicted molar refractivity (Wildman–Crippen MR) is 112 cm³/mol. The molecule has 1 N–H and O–H groups in total. The minimum absolute atomic E-state index is 0.0435. The number of amides is 1. The molecule has 1 amide bonds. The summed E-state index contributed by atoms with van der Waals surface area (Å²) in [5, 5.41) is 7.36. The van der Waals surface area contributed by atoms with Crippen molar-refractivity contribution in [1.82, 2.24) is 19.7 Å². The lowest BCUT2D eigenvalue weighted by Crippen LogP contribution is -2.34. The lowest BCUT2D eigenvalue weighted by atomic mass is 9.96. The highest BCUT2D eigenvalue weighted by Crippen LogP contribution is 2.20. The van der Waals surface area contributed by atoms with E-state index in [1.165, 1.54) is 9.25 Å². The zero-order valence-electron chi connectivity index (χ0n) is 17.0. The molecule has 0 fully saturated rings. The van der Waals surface area contributed by atoms with Crippen LogP contribution in [0.15, 0.2) is 59.4 Å². The van der Waals surface area contributed by atoms with E-state index in [2.05, 4.69) is 10.4 Å². The second kappa shape index (κ2) is 9.23. The molecular weight excluding hydrogens is 368 g/mol. The molecule has 3 aromatic rings. The Kier molecular flexibility index (Phi) is 6.49. The number of carbonyl (C=O) groups is 1. The van der Waals surface area contributed by atoms with E-state index in [0.29, 0.717) is 25.3 Å². The van der Waals surface area contributed by atoms with Crippen LogP contribution in [0.4, 0.5) is 0 Å². The van der Waals surface area contributed by atoms with E-state index in [-0.39, 0.29) is 17.5 Å². The second-order valence-corrected chi connectivity index (χ2v) is 6.78. The average molecular weight is 394 g/mol. The molecule has 7 heteroatoms. The minimum atomic E-state index is -0.222. The summed E-state index contributed by atoms with van der Waals surface area (Å²) >= 11 is 0. The van der Waals surface area contributed by atoms with Gasteiger partial charge in [0.15, 0.2) is 5.82 Å². The van der Waals surface area contributed by atoms with E-state index in [9.17, 15) is 9.59 Å². The minimum Gasteiger partial charge on any atom is -0.497 e. The number of nitrogens with zero attached hydrogens (tertiary/aromatic N) is 3. The molecule has 29 heavy (non-hydrogen) atoms. The molecule has 0 saturated carbocycles. The first kappa shape index (κ1) is 20.4. The Morgan fingerprint density at radius 3 is 2.45 bits per heavy atom. The summed E-state index contributed by atoms with van der Waals surface area (Å²) in [5.74, 6) is 1.06. The van der Waals surface area contributed by atoms with Gasteiger partial charge in [0, 0.05) is 19.2 Å². The van der Waals surface area contributed by atoms with Gasteiger partial charge in [0.05, 0.1) is 19.6 Å². The summed E-state index contributed by atoms with van der Waals surface area (Å²) in [6.45, 7) is 2.63. The van der Waals surface area contributed by atoms with Crippen LogP contribution in [0.3, 0.4) is 0 Å². The number of rotatable bonds is 8. The van der Waals surface area contributed by atoms with Crippen molar-refractivity contribution >= 4 is 5.91 Å². The quantitative estimate of drug-likeness (QED) is 0.637. The zero-order valence-corrected chi connectivity index (χ0v) is 17.0. The molecule has 0 aliphatic carbocycles. The van der Waals surface area contributed by atoms with Gasteiger partial charge in [-0.1, -0.05) is 37.3 Å². The van der Waals surface area contributed by atoms with Gasteiger partial charge in [-0.15, -0.1) is 5.10 Å². The third kappa shape index (κ3) is 4.56. The SMILES string of the molecule is CCC(C(=O)NCCn1nc(-c2ccc(OC)cc2)n(C)c1=O)c1ccccc1. The third-order valence-corrected chi connectivity index (χ3v) is 4.94. The maximum Gasteiger partial charge on any atom is 0.345 e. The highest BCUT2D eigenvalue weighted by atomic mass is 16.5. The molecule has 0 aliphatic heterocycles.